The number of rotatable bonds is 7. The lowest BCUT2D eigenvalue weighted by Gasteiger charge is -2.26. The molecule has 0 amide bonds. The fraction of sp³-hybridized carbons (Fsp3) is 0.269. The number of ether oxygens (including phenoxy) is 1. The fourth-order valence-electron chi connectivity index (χ4n) is 4.22. The van der Waals surface area contributed by atoms with Gasteiger partial charge >= 0.3 is 5.92 Å². The highest BCUT2D eigenvalue weighted by atomic mass is 19.3. The van der Waals surface area contributed by atoms with Crippen LogP contribution in [0, 0.1) is 20.8 Å². The third-order valence-corrected chi connectivity index (χ3v) is 6.26. The molecule has 0 atom stereocenters. The Labute approximate surface area is 208 Å². The number of amidine groups is 1. The second-order valence-corrected chi connectivity index (χ2v) is 8.71. The summed E-state index contributed by atoms with van der Waals surface area (Å²) < 4.78 is 38.2. The molecule has 0 saturated heterocycles. The third kappa shape index (κ3) is 4.72. The molecule has 0 fully saturated rings. The molecule has 0 unspecified atom stereocenters. The second kappa shape index (κ2) is 9.90. The number of fused-ring (bicyclic) bond motifs is 1. The summed E-state index contributed by atoms with van der Waals surface area (Å²) in [5.74, 6) is 7.68. The van der Waals surface area contributed by atoms with E-state index >= 15 is 8.78 Å². The number of nitrogens with zero attached hydrogens (tertiary/aromatic N) is 5. The zero-order chi connectivity index (χ0) is 26.0. The van der Waals surface area contributed by atoms with Gasteiger partial charge in [0.05, 0.1) is 31.4 Å². The van der Waals surface area contributed by atoms with Gasteiger partial charge in [0.25, 0.3) is 0 Å². The third-order valence-electron chi connectivity index (χ3n) is 6.26. The number of hydrazine groups is 1. The normalized spacial score (nSPS) is 12.2. The van der Waals surface area contributed by atoms with Gasteiger partial charge in [-0.05, 0) is 61.2 Å². The predicted octanol–water partition coefficient (Wildman–Crippen LogP) is 4.15. The molecule has 188 valence electrons. The van der Waals surface area contributed by atoms with Crippen molar-refractivity contribution < 1.29 is 13.5 Å². The highest BCUT2D eigenvalue weighted by molar-refractivity contribution is 5.90. The molecule has 36 heavy (non-hydrogen) atoms. The van der Waals surface area contributed by atoms with Crippen LogP contribution in [-0.4, -0.2) is 32.7 Å². The number of hydrogen-bond donors (Lipinski definition) is 2. The Morgan fingerprint density at radius 1 is 1.11 bits per heavy atom. The van der Waals surface area contributed by atoms with Gasteiger partial charge in [0.1, 0.15) is 11.3 Å². The summed E-state index contributed by atoms with van der Waals surface area (Å²) in [6.45, 7) is 6.23. The second-order valence-electron chi connectivity index (χ2n) is 8.71. The minimum absolute atomic E-state index is 0.0328. The minimum atomic E-state index is -3.60. The van der Waals surface area contributed by atoms with Crippen molar-refractivity contribution in [2.45, 2.75) is 39.8 Å². The molecular weight excluding hydrogens is 464 g/mol. The Morgan fingerprint density at radius 3 is 2.39 bits per heavy atom. The number of aryl methyl sites for hydroxylation is 3. The molecule has 4 aromatic rings. The molecule has 8 nitrogen and oxygen atoms in total. The van der Waals surface area contributed by atoms with E-state index in [0.717, 1.165) is 27.9 Å². The summed E-state index contributed by atoms with van der Waals surface area (Å²) in [4.78, 5) is 4.30. The molecular formula is C26H29F2N7O. The van der Waals surface area contributed by atoms with Crippen molar-refractivity contribution >= 4 is 16.9 Å². The molecule has 2 heterocycles. The molecule has 10 heteroatoms. The van der Waals surface area contributed by atoms with E-state index in [1.165, 1.54) is 6.07 Å². The van der Waals surface area contributed by atoms with Crippen LogP contribution in [-0.2, 0) is 19.0 Å². The van der Waals surface area contributed by atoms with E-state index in [4.69, 9.17) is 16.4 Å². The monoisotopic (exact) mass is 493 g/mol. The van der Waals surface area contributed by atoms with Crippen LogP contribution in [0.5, 0.6) is 5.75 Å². The maximum atomic E-state index is 15.7. The van der Waals surface area contributed by atoms with Crippen LogP contribution < -0.4 is 16.4 Å². The smallest absolute Gasteiger partial charge is 0.334 e. The Morgan fingerprint density at radius 2 is 1.78 bits per heavy atom. The van der Waals surface area contributed by atoms with E-state index < -0.39 is 11.8 Å². The van der Waals surface area contributed by atoms with Gasteiger partial charge in [-0.2, -0.15) is 19.0 Å². The van der Waals surface area contributed by atoms with Gasteiger partial charge in [-0.15, -0.1) is 0 Å². The molecule has 2 aromatic carbocycles. The lowest BCUT2D eigenvalue weighted by atomic mass is 10.0. The van der Waals surface area contributed by atoms with Crippen LogP contribution >= 0.6 is 0 Å². The Bertz CT molecular complexity index is 1390. The van der Waals surface area contributed by atoms with E-state index in [0.29, 0.717) is 34.6 Å². The van der Waals surface area contributed by atoms with Crippen LogP contribution in [0.4, 0.5) is 8.78 Å². The van der Waals surface area contributed by atoms with E-state index in [9.17, 15) is 0 Å². The Balaban J connectivity index is 1.67. The van der Waals surface area contributed by atoms with Crippen molar-refractivity contribution in [3.05, 3.63) is 88.2 Å². The molecule has 0 bridgehead atoms. The number of aromatic nitrogens is 3. The highest BCUT2D eigenvalue weighted by Crippen LogP contribution is 2.33. The fourth-order valence-corrected chi connectivity index (χ4v) is 4.22. The van der Waals surface area contributed by atoms with Gasteiger partial charge in [-0.25, -0.2) is 5.84 Å². The molecule has 0 spiro atoms. The molecule has 0 saturated carbocycles. The molecule has 0 aliphatic heterocycles. The van der Waals surface area contributed by atoms with Crippen LogP contribution in [0.2, 0.25) is 0 Å². The summed E-state index contributed by atoms with van der Waals surface area (Å²) in [5.41, 5.74) is 5.27. The number of methoxy groups -OCH3 is 1. The van der Waals surface area contributed by atoms with Crippen LogP contribution in [0.3, 0.4) is 0 Å². The number of benzene rings is 2. The largest absolute Gasteiger partial charge is 0.497 e. The molecule has 4 rings (SSSR count). The van der Waals surface area contributed by atoms with Crippen LogP contribution in [0.1, 0.15) is 33.5 Å². The topological polar surface area (TPSA) is 108 Å². The molecule has 4 N–H and O–H groups in total. The predicted molar refractivity (Wildman–Crippen MR) is 136 cm³/mol. The zero-order valence-electron chi connectivity index (χ0n) is 20.7. The number of hydrogen-bond acceptors (Lipinski definition) is 6. The van der Waals surface area contributed by atoms with Gasteiger partial charge < -0.3 is 10.6 Å². The Kier molecular flexibility index (Phi) is 6.89. The van der Waals surface area contributed by atoms with Crippen molar-refractivity contribution in [2.75, 3.05) is 7.11 Å². The summed E-state index contributed by atoms with van der Waals surface area (Å²) in [6, 6.07) is 14.3. The number of pyridine rings is 1. The first-order valence-corrected chi connectivity index (χ1v) is 11.4. The number of halogens is 2. The average Bonchev–Trinajstić information content (AvgIpc) is 3.17. The lowest BCUT2D eigenvalue weighted by Crippen LogP contribution is -2.46. The molecule has 0 aliphatic rings. The summed E-state index contributed by atoms with van der Waals surface area (Å²) in [5, 5.41) is 8.77. The van der Waals surface area contributed by atoms with Gasteiger partial charge in [-0.3, -0.25) is 14.7 Å². The number of nitrogens with two attached hydrogens (primary N) is 2. The number of alkyl halides is 2. The minimum Gasteiger partial charge on any atom is -0.497 e. The van der Waals surface area contributed by atoms with Gasteiger partial charge in [-0.1, -0.05) is 30.3 Å². The van der Waals surface area contributed by atoms with Crippen molar-refractivity contribution in [1.29, 1.82) is 0 Å². The van der Waals surface area contributed by atoms with Crippen molar-refractivity contribution in [1.82, 2.24) is 19.8 Å². The summed E-state index contributed by atoms with van der Waals surface area (Å²) >= 11 is 0. The van der Waals surface area contributed by atoms with E-state index in [1.807, 2.05) is 32.0 Å². The van der Waals surface area contributed by atoms with Crippen molar-refractivity contribution in [2.24, 2.45) is 16.8 Å². The first kappa shape index (κ1) is 25.1. The maximum Gasteiger partial charge on any atom is 0.334 e. The maximum absolute atomic E-state index is 15.7. The summed E-state index contributed by atoms with van der Waals surface area (Å²) in [7, 11) is 1.55. The van der Waals surface area contributed by atoms with Gasteiger partial charge in [0.15, 0.2) is 0 Å². The van der Waals surface area contributed by atoms with E-state index in [-0.39, 0.29) is 12.1 Å². The van der Waals surface area contributed by atoms with E-state index in [2.05, 4.69) is 15.2 Å². The number of hydrazone groups is 1. The molecule has 2 aromatic heterocycles. The van der Waals surface area contributed by atoms with Crippen molar-refractivity contribution in [3.63, 3.8) is 0 Å². The highest BCUT2D eigenvalue weighted by Gasteiger charge is 2.42. The molecule has 0 aliphatic carbocycles. The lowest BCUT2D eigenvalue weighted by molar-refractivity contribution is 0.0581. The van der Waals surface area contributed by atoms with Crippen molar-refractivity contribution in [3.8, 4) is 5.75 Å². The standard InChI is InChI=1S/C26H29F2N7O/c1-16-6-5-7-17(2)22(16)15-35-23-12-20(13-31-24(23)18(3)33-35)26(27,28)25(32-29)34(30)14-19-8-10-21(36-4)11-9-19/h5-13H,14-15,29-30H2,1-4H3/b32-25-. The first-order chi connectivity index (χ1) is 17.1. The zero-order valence-corrected chi connectivity index (χ0v) is 20.7. The average molecular weight is 494 g/mol. The van der Waals surface area contributed by atoms with Gasteiger partial charge in [0.2, 0.25) is 5.84 Å². The first-order valence-electron chi connectivity index (χ1n) is 11.4. The van der Waals surface area contributed by atoms with E-state index in [1.54, 1.807) is 43.0 Å². The SMILES string of the molecule is COc1ccc(CN(N)/C(=N\N)C(F)(F)c2cnc3c(C)nn(Cc4c(C)cccc4C)c3c2)cc1. The Hall–Kier alpha value is -4.05. The summed E-state index contributed by atoms with van der Waals surface area (Å²) in [6.07, 6.45) is 1.12. The van der Waals surface area contributed by atoms with Crippen LogP contribution in [0.15, 0.2) is 59.8 Å². The quantitative estimate of drug-likeness (QED) is 0.173. The van der Waals surface area contributed by atoms with Crippen LogP contribution in [0.25, 0.3) is 11.0 Å². The molecule has 0 radical (unpaired) electrons. The van der Waals surface area contributed by atoms with Gasteiger partial charge in [0, 0.05) is 11.8 Å².